The highest BCUT2D eigenvalue weighted by Crippen LogP contribution is 2.28. The summed E-state index contributed by atoms with van der Waals surface area (Å²) in [6, 6.07) is 9.31. The molecule has 3 N–H and O–H groups in total. The van der Waals surface area contributed by atoms with E-state index in [2.05, 4.69) is 17.3 Å². The van der Waals surface area contributed by atoms with Crippen LogP contribution in [0.25, 0.3) is 0 Å². The number of carbonyl (C=O) groups excluding carboxylic acids is 2. The van der Waals surface area contributed by atoms with E-state index in [-0.39, 0.29) is 5.91 Å². The molecule has 1 aromatic rings. The first kappa shape index (κ1) is 15.8. The fourth-order valence-electron chi connectivity index (χ4n) is 3.74. The van der Waals surface area contributed by atoms with Gasteiger partial charge in [0.25, 0.3) is 0 Å². The van der Waals surface area contributed by atoms with Crippen LogP contribution in [0, 0.1) is 0 Å². The lowest BCUT2D eigenvalue weighted by molar-refractivity contribution is -0.136. The number of rotatable bonds is 4. The van der Waals surface area contributed by atoms with Crippen LogP contribution >= 0.6 is 0 Å². The van der Waals surface area contributed by atoms with Crippen LogP contribution in [0.4, 0.5) is 4.79 Å². The zero-order chi connectivity index (χ0) is 16.4. The van der Waals surface area contributed by atoms with Crippen LogP contribution in [0.3, 0.4) is 0 Å². The van der Waals surface area contributed by atoms with Crippen molar-refractivity contribution in [2.75, 3.05) is 20.1 Å². The van der Waals surface area contributed by atoms with Crippen molar-refractivity contribution < 1.29 is 9.59 Å². The Labute approximate surface area is 136 Å². The van der Waals surface area contributed by atoms with E-state index in [1.807, 2.05) is 35.2 Å². The van der Waals surface area contributed by atoms with Gasteiger partial charge in [0.2, 0.25) is 5.91 Å². The number of primary amides is 1. The number of nitrogens with two attached hydrogens (primary N) is 1. The third-order valence-electron chi connectivity index (χ3n) is 5.06. The minimum atomic E-state index is -0.656. The predicted molar refractivity (Wildman–Crippen MR) is 87.8 cm³/mol. The maximum absolute atomic E-state index is 12.9. The average Bonchev–Trinajstić information content (AvgIpc) is 2.75. The number of hydrogen-bond acceptors (Lipinski definition) is 3. The van der Waals surface area contributed by atoms with E-state index in [1.54, 1.807) is 0 Å². The smallest absolute Gasteiger partial charge is 0.312 e. The number of piperazine rings is 1. The average molecular weight is 316 g/mol. The Morgan fingerprint density at radius 3 is 2.39 bits per heavy atom. The predicted octanol–water partition coefficient (Wildman–Crippen LogP) is 0.571. The molecule has 2 fully saturated rings. The van der Waals surface area contributed by atoms with Crippen LogP contribution in [0.5, 0.6) is 0 Å². The standard InChI is InChI=1S/C17H24N4O2/c1-20-13-7-8-14(20)11-21(10-13)16(22)15(19-17(18)23)9-12-5-3-2-4-6-12/h2-6,13-15H,7-11H2,1H3,(H3,18,19,23)/t13-,14+,15?. The van der Waals surface area contributed by atoms with E-state index in [0.29, 0.717) is 18.5 Å². The third-order valence-corrected chi connectivity index (χ3v) is 5.06. The molecule has 6 nitrogen and oxygen atoms in total. The molecule has 0 aromatic heterocycles. The minimum Gasteiger partial charge on any atom is -0.352 e. The van der Waals surface area contributed by atoms with Crippen molar-refractivity contribution in [3.63, 3.8) is 0 Å². The summed E-state index contributed by atoms with van der Waals surface area (Å²) in [4.78, 5) is 28.5. The second-order valence-electron chi connectivity index (χ2n) is 6.54. The Bertz CT molecular complexity index is 563. The maximum Gasteiger partial charge on any atom is 0.312 e. The Morgan fingerprint density at radius 2 is 1.83 bits per heavy atom. The second kappa shape index (κ2) is 6.58. The molecule has 3 amide bonds. The van der Waals surface area contributed by atoms with Gasteiger partial charge in [0, 0.05) is 31.6 Å². The summed E-state index contributed by atoms with van der Waals surface area (Å²) < 4.78 is 0. The molecule has 0 aliphatic carbocycles. The van der Waals surface area contributed by atoms with Gasteiger partial charge in [0.05, 0.1) is 0 Å². The molecule has 1 unspecified atom stereocenters. The lowest BCUT2D eigenvalue weighted by atomic mass is 10.0. The van der Waals surface area contributed by atoms with Crippen molar-refractivity contribution in [2.24, 2.45) is 5.73 Å². The first-order chi connectivity index (χ1) is 11.0. The van der Waals surface area contributed by atoms with Gasteiger partial charge in [-0.05, 0) is 25.5 Å². The number of carbonyl (C=O) groups is 2. The monoisotopic (exact) mass is 316 g/mol. The van der Waals surface area contributed by atoms with Gasteiger partial charge in [-0.15, -0.1) is 0 Å². The zero-order valence-electron chi connectivity index (χ0n) is 13.4. The normalized spacial score (nSPS) is 25.2. The summed E-state index contributed by atoms with van der Waals surface area (Å²) in [5.41, 5.74) is 6.29. The molecule has 0 radical (unpaired) electrons. The second-order valence-corrected chi connectivity index (χ2v) is 6.54. The van der Waals surface area contributed by atoms with Gasteiger partial charge < -0.3 is 16.0 Å². The van der Waals surface area contributed by atoms with Crippen molar-refractivity contribution in [1.29, 1.82) is 0 Å². The zero-order valence-corrected chi connectivity index (χ0v) is 13.4. The number of fused-ring (bicyclic) bond motifs is 2. The van der Waals surface area contributed by atoms with E-state index in [0.717, 1.165) is 31.5 Å². The highest BCUT2D eigenvalue weighted by Gasteiger charge is 2.40. The maximum atomic E-state index is 12.9. The number of nitrogens with zero attached hydrogens (tertiary/aromatic N) is 2. The van der Waals surface area contributed by atoms with E-state index >= 15 is 0 Å². The van der Waals surface area contributed by atoms with Gasteiger partial charge in [-0.1, -0.05) is 30.3 Å². The molecule has 23 heavy (non-hydrogen) atoms. The number of benzene rings is 1. The summed E-state index contributed by atoms with van der Waals surface area (Å²) >= 11 is 0. The number of amides is 3. The van der Waals surface area contributed by atoms with Gasteiger partial charge in [0.15, 0.2) is 0 Å². The van der Waals surface area contributed by atoms with Crippen LogP contribution in [-0.2, 0) is 11.2 Å². The molecule has 3 atom stereocenters. The van der Waals surface area contributed by atoms with E-state index < -0.39 is 12.1 Å². The number of likely N-dealkylation sites (tertiary alicyclic amines) is 1. The van der Waals surface area contributed by atoms with Crippen molar-refractivity contribution in [3.05, 3.63) is 35.9 Å². The van der Waals surface area contributed by atoms with Crippen LogP contribution in [0.1, 0.15) is 18.4 Å². The van der Waals surface area contributed by atoms with E-state index in [4.69, 9.17) is 5.73 Å². The van der Waals surface area contributed by atoms with Gasteiger partial charge >= 0.3 is 6.03 Å². The molecule has 2 heterocycles. The Balaban J connectivity index is 1.71. The van der Waals surface area contributed by atoms with Gasteiger partial charge in [-0.25, -0.2) is 4.79 Å². The molecule has 6 heteroatoms. The lowest BCUT2D eigenvalue weighted by Gasteiger charge is -2.40. The van der Waals surface area contributed by atoms with Crippen LogP contribution in [0.2, 0.25) is 0 Å². The summed E-state index contributed by atoms with van der Waals surface area (Å²) in [6.07, 6.45) is 2.74. The Hall–Kier alpha value is -2.08. The summed E-state index contributed by atoms with van der Waals surface area (Å²) in [5, 5.41) is 2.62. The van der Waals surface area contributed by atoms with E-state index in [1.165, 1.54) is 0 Å². The highest BCUT2D eigenvalue weighted by molar-refractivity contribution is 5.87. The van der Waals surface area contributed by atoms with Crippen LogP contribution in [-0.4, -0.2) is 60.0 Å². The Kier molecular flexibility index (Phi) is 4.52. The molecule has 1 aromatic carbocycles. The number of likely N-dealkylation sites (N-methyl/N-ethyl adjacent to an activating group) is 1. The van der Waals surface area contributed by atoms with Gasteiger partial charge in [-0.2, -0.15) is 0 Å². The van der Waals surface area contributed by atoms with Crippen LogP contribution in [0.15, 0.2) is 30.3 Å². The molecule has 2 aliphatic heterocycles. The molecule has 0 saturated carbocycles. The highest BCUT2D eigenvalue weighted by atomic mass is 16.2. The summed E-state index contributed by atoms with van der Waals surface area (Å²) in [5.74, 6) is -0.0300. The number of urea groups is 1. The lowest BCUT2D eigenvalue weighted by Crippen LogP contribution is -2.59. The summed E-state index contributed by atoms with van der Waals surface area (Å²) in [6.45, 7) is 1.47. The molecular formula is C17H24N4O2. The van der Waals surface area contributed by atoms with Crippen LogP contribution < -0.4 is 11.1 Å². The molecule has 0 spiro atoms. The molecule has 2 saturated heterocycles. The fraction of sp³-hybridized carbons (Fsp3) is 0.529. The Morgan fingerprint density at radius 1 is 1.22 bits per heavy atom. The quantitative estimate of drug-likeness (QED) is 0.852. The molecule has 2 bridgehead atoms. The van der Waals surface area contributed by atoms with Gasteiger partial charge in [0.1, 0.15) is 6.04 Å². The third kappa shape index (κ3) is 3.47. The van der Waals surface area contributed by atoms with Gasteiger partial charge in [-0.3, -0.25) is 9.69 Å². The SMILES string of the molecule is CN1[C@@H]2CC[C@H]1CN(C(=O)C(Cc1ccccc1)NC(N)=O)C2. The number of nitrogens with one attached hydrogen (secondary N) is 1. The molecule has 3 rings (SSSR count). The topological polar surface area (TPSA) is 78.7 Å². The van der Waals surface area contributed by atoms with E-state index in [9.17, 15) is 9.59 Å². The van der Waals surface area contributed by atoms with Crippen molar-refractivity contribution in [2.45, 2.75) is 37.4 Å². The first-order valence-corrected chi connectivity index (χ1v) is 8.15. The molecule has 124 valence electrons. The van der Waals surface area contributed by atoms with Crippen molar-refractivity contribution in [3.8, 4) is 0 Å². The van der Waals surface area contributed by atoms with Crippen molar-refractivity contribution >= 4 is 11.9 Å². The molecular weight excluding hydrogens is 292 g/mol. The fourth-order valence-corrected chi connectivity index (χ4v) is 3.74. The largest absolute Gasteiger partial charge is 0.352 e. The minimum absolute atomic E-state index is 0.0300. The molecule has 2 aliphatic rings. The number of hydrogen-bond donors (Lipinski definition) is 2. The first-order valence-electron chi connectivity index (χ1n) is 8.15. The summed E-state index contributed by atoms with van der Waals surface area (Å²) in [7, 11) is 2.13. The van der Waals surface area contributed by atoms with Crippen molar-refractivity contribution in [1.82, 2.24) is 15.1 Å².